The lowest BCUT2D eigenvalue weighted by Crippen LogP contribution is -2.42. The maximum Gasteiger partial charge on any atom is 0.493 e. The molecule has 1 aromatic heterocycles. The number of benzene rings is 2. The molecule has 0 atom stereocenters. The molecule has 0 N–H and O–H groups in total. The van der Waals surface area contributed by atoms with Crippen molar-refractivity contribution in [3.8, 4) is 17.1 Å². The predicted molar refractivity (Wildman–Crippen MR) is 150 cm³/mol. The third-order valence-electron chi connectivity index (χ3n) is 7.33. The molecule has 2 heterocycles. The summed E-state index contributed by atoms with van der Waals surface area (Å²) in [5.41, 5.74) is 0.190. The van der Waals surface area contributed by atoms with Crippen LogP contribution in [0.25, 0.3) is 11.4 Å². The van der Waals surface area contributed by atoms with E-state index in [1.807, 2.05) is 6.07 Å². The zero-order valence-corrected chi connectivity index (χ0v) is 25.3. The Morgan fingerprint density at radius 1 is 1.13 bits per heavy atom. The van der Waals surface area contributed by atoms with Crippen molar-refractivity contribution >= 4 is 33.5 Å². The Hall–Kier alpha value is -3.76. The number of nitrogens with zero attached hydrogens (tertiary/aromatic N) is 4. The number of piperidine rings is 1. The number of carbonyl (C=O) groups is 2. The second-order valence-electron chi connectivity index (χ2n) is 10.8. The Kier molecular flexibility index (Phi) is 9.37. The van der Waals surface area contributed by atoms with Gasteiger partial charge in [-0.1, -0.05) is 33.4 Å². The largest absolute Gasteiger partial charge is 0.493 e. The Morgan fingerprint density at radius 3 is 2.44 bits per heavy atom. The molecule has 0 bridgehead atoms. The lowest BCUT2D eigenvalue weighted by molar-refractivity contribution is -0.216. The fourth-order valence-electron chi connectivity index (χ4n) is 4.80. The van der Waals surface area contributed by atoms with Crippen LogP contribution in [0.4, 0.5) is 17.6 Å². The number of alkyl halides is 3. The van der Waals surface area contributed by atoms with Gasteiger partial charge < -0.3 is 14.1 Å². The van der Waals surface area contributed by atoms with E-state index < -0.39 is 43.9 Å². The minimum Gasteiger partial charge on any atom is -0.490 e. The van der Waals surface area contributed by atoms with Gasteiger partial charge in [-0.15, -0.1) is 0 Å². The van der Waals surface area contributed by atoms with Crippen LogP contribution in [0.1, 0.15) is 53.4 Å². The van der Waals surface area contributed by atoms with Crippen molar-refractivity contribution < 1.29 is 49.7 Å². The van der Waals surface area contributed by atoms with Crippen molar-refractivity contribution in [1.29, 1.82) is 0 Å². The van der Waals surface area contributed by atoms with Crippen LogP contribution in [0.2, 0.25) is 5.02 Å². The monoisotopic (exact) mass is 674 g/mol. The van der Waals surface area contributed by atoms with Gasteiger partial charge in [0.2, 0.25) is 11.7 Å². The number of likely N-dealkylation sites (tertiary alicyclic amines) is 1. The van der Waals surface area contributed by atoms with Gasteiger partial charge in [0.05, 0.1) is 30.0 Å². The Morgan fingerprint density at radius 2 is 1.82 bits per heavy atom. The summed E-state index contributed by atoms with van der Waals surface area (Å²) in [5.74, 6) is -5.69. The number of rotatable bonds is 9. The summed E-state index contributed by atoms with van der Waals surface area (Å²) in [6, 6.07) is 9.55. The molecule has 3 aromatic rings. The quantitative estimate of drug-likeness (QED) is 0.223. The zero-order chi connectivity index (χ0) is 32.5. The molecule has 11 nitrogen and oxygen atoms in total. The average Bonchev–Trinajstić information content (AvgIpc) is 3.73. The van der Waals surface area contributed by atoms with Gasteiger partial charge in [0.25, 0.3) is 10.0 Å². The summed E-state index contributed by atoms with van der Waals surface area (Å²) in [5, 5.41) is 4.50. The third kappa shape index (κ3) is 7.91. The molecule has 242 valence electrons. The van der Waals surface area contributed by atoms with E-state index in [4.69, 9.17) is 20.9 Å². The van der Waals surface area contributed by atoms with Crippen molar-refractivity contribution in [2.24, 2.45) is 5.92 Å². The van der Waals surface area contributed by atoms with Crippen LogP contribution in [0, 0.1) is 11.7 Å². The number of carbonyl (C=O) groups excluding carboxylic acids is 2. The highest BCUT2D eigenvalue weighted by Crippen LogP contribution is 2.43. The summed E-state index contributed by atoms with van der Waals surface area (Å²) >= 11 is 6.21. The summed E-state index contributed by atoms with van der Waals surface area (Å²) < 4.78 is 88.3. The third-order valence-corrected chi connectivity index (χ3v) is 8.50. The van der Waals surface area contributed by atoms with Gasteiger partial charge in [-0.25, -0.2) is 17.6 Å². The molecule has 1 amide bonds. The lowest BCUT2D eigenvalue weighted by atomic mass is 9.97. The van der Waals surface area contributed by atoms with E-state index >= 15 is 4.39 Å². The first-order chi connectivity index (χ1) is 21.2. The SMILES string of the molecule is CS(=O)(=O)N(OC(=O)C(F)(F)F)C(=O)c1cc(C2CC2)cc(OCC2CCN(Cc3nc(-c4ccccc4Cl)no3)CC2)c1F. The number of hydroxylamine groups is 1. The molecular formula is C28H27ClF4N4O7S. The molecule has 2 aromatic carbocycles. The molecule has 2 fully saturated rings. The van der Waals surface area contributed by atoms with Gasteiger partial charge in [0.15, 0.2) is 11.6 Å². The second-order valence-corrected chi connectivity index (χ2v) is 13.1. The fourth-order valence-corrected chi connectivity index (χ4v) is 5.62. The Bertz CT molecular complexity index is 1690. The fraction of sp³-hybridized carbons (Fsp3) is 0.429. The predicted octanol–water partition coefficient (Wildman–Crippen LogP) is 5.12. The summed E-state index contributed by atoms with van der Waals surface area (Å²) in [4.78, 5) is 34.7. The molecule has 2 aliphatic rings. The van der Waals surface area contributed by atoms with Gasteiger partial charge in [-0.05, 0) is 80.4 Å². The van der Waals surface area contributed by atoms with E-state index in [1.54, 1.807) is 18.2 Å². The lowest BCUT2D eigenvalue weighted by Gasteiger charge is -2.30. The molecule has 1 aliphatic carbocycles. The second kappa shape index (κ2) is 12.9. The first kappa shape index (κ1) is 32.6. The molecule has 45 heavy (non-hydrogen) atoms. The number of ether oxygens (including phenoxy) is 1. The van der Waals surface area contributed by atoms with Crippen molar-refractivity contribution in [1.82, 2.24) is 19.5 Å². The Balaban J connectivity index is 1.23. The highest BCUT2D eigenvalue weighted by molar-refractivity contribution is 7.88. The first-order valence-corrected chi connectivity index (χ1v) is 16.0. The van der Waals surface area contributed by atoms with E-state index in [2.05, 4.69) is 19.9 Å². The molecular weight excluding hydrogens is 648 g/mol. The van der Waals surface area contributed by atoms with Crippen molar-refractivity contribution in [2.75, 3.05) is 26.0 Å². The molecule has 1 saturated heterocycles. The molecule has 5 rings (SSSR count). The average molecular weight is 675 g/mol. The topological polar surface area (TPSA) is 132 Å². The molecule has 0 unspecified atom stereocenters. The van der Waals surface area contributed by atoms with Gasteiger partial charge in [0, 0.05) is 5.56 Å². The molecule has 0 spiro atoms. The Labute approximate surface area is 260 Å². The number of amides is 1. The van der Waals surface area contributed by atoms with Crippen molar-refractivity contribution in [2.45, 2.75) is 44.3 Å². The van der Waals surface area contributed by atoms with Crippen LogP contribution in [-0.4, -0.2) is 71.9 Å². The highest BCUT2D eigenvalue weighted by Gasteiger charge is 2.46. The number of hydrogen-bond donors (Lipinski definition) is 0. The zero-order valence-electron chi connectivity index (χ0n) is 23.7. The first-order valence-electron chi connectivity index (χ1n) is 13.8. The van der Waals surface area contributed by atoms with E-state index in [0.29, 0.717) is 79.4 Å². The number of sulfonamides is 1. The van der Waals surface area contributed by atoms with E-state index in [9.17, 15) is 31.2 Å². The standard InChI is InChI=1S/C28H27ClF4N4O7S/c1-45(40,41)37(44-27(39)28(31,32)33)26(38)20-12-18(17-6-7-17)13-22(24(20)30)42-15-16-8-10-36(11-9-16)14-23-34-25(35-43-23)19-4-2-3-5-21(19)29/h2-5,12-13,16-17H,6-11,14-15H2,1H3. The minimum absolute atomic E-state index is 0.00832. The van der Waals surface area contributed by atoms with Crippen LogP contribution in [-0.2, 0) is 26.2 Å². The molecule has 1 saturated carbocycles. The molecule has 0 radical (unpaired) electrons. The number of halogens is 5. The minimum atomic E-state index is -5.60. The van der Waals surface area contributed by atoms with Crippen LogP contribution < -0.4 is 4.74 Å². The number of aromatic nitrogens is 2. The summed E-state index contributed by atoms with van der Waals surface area (Å²) in [6.07, 6.45) is -2.53. The van der Waals surface area contributed by atoms with Crippen LogP contribution in [0.5, 0.6) is 5.75 Å². The smallest absolute Gasteiger partial charge is 0.490 e. The van der Waals surface area contributed by atoms with Gasteiger partial charge in [-0.2, -0.15) is 18.2 Å². The van der Waals surface area contributed by atoms with E-state index in [0.717, 1.165) is 6.07 Å². The summed E-state index contributed by atoms with van der Waals surface area (Å²) in [6.45, 7) is 1.74. The van der Waals surface area contributed by atoms with Crippen molar-refractivity contribution in [3.05, 3.63) is 64.3 Å². The van der Waals surface area contributed by atoms with E-state index in [-0.39, 0.29) is 24.2 Å². The highest BCUT2D eigenvalue weighted by atomic mass is 35.5. The van der Waals surface area contributed by atoms with Gasteiger partial charge >= 0.3 is 18.1 Å². The van der Waals surface area contributed by atoms with E-state index in [1.165, 1.54) is 6.07 Å². The van der Waals surface area contributed by atoms with Crippen LogP contribution >= 0.6 is 11.6 Å². The number of hydrogen-bond acceptors (Lipinski definition) is 10. The van der Waals surface area contributed by atoms with Crippen molar-refractivity contribution in [3.63, 3.8) is 0 Å². The van der Waals surface area contributed by atoms with Crippen LogP contribution in [0.15, 0.2) is 40.9 Å². The maximum absolute atomic E-state index is 15.5. The van der Waals surface area contributed by atoms with Gasteiger partial charge in [0.1, 0.15) is 0 Å². The normalized spacial score (nSPS) is 16.4. The summed E-state index contributed by atoms with van der Waals surface area (Å²) in [7, 11) is -4.88. The van der Waals surface area contributed by atoms with Crippen LogP contribution in [0.3, 0.4) is 0 Å². The molecule has 1 aliphatic heterocycles. The molecule has 17 heteroatoms. The maximum atomic E-state index is 15.5. The van der Waals surface area contributed by atoms with Gasteiger partial charge in [-0.3, -0.25) is 9.69 Å².